The molecular weight excluding hydrogens is 290 g/mol. The Bertz CT molecular complexity index is 912. The van der Waals surface area contributed by atoms with Gasteiger partial charge in [-0.05, 0) is 30.7 Å². The van der Waals surface area contributed by atoms with Gasteiger partial charge < -0.3 is 14.0 Å². The van der Waals surface area contributed by atoms with Crippen LogP contribution in [0.15, 0.2) is 41.2 Å². The number of ether oxygens (including phenoxy) is 2. The molecule has 0 radical (unpaired) electrons. The molecule has 1 heterocycles. The average Bonchev–Trinajstić information content (AvgIpc) is 2.60. The quantitative estimate of drug-likeness (QED) is 0.669. The third-order valence-electron chi connectivity index (χ3n) is 4.21. The molecule has 0 aliphatic heterocycles. The highest BCUT2D eigenvalue weighted by atomic mass is 16.5. The molecule has 3 aromatic rings. The molecular formula is C19H21NO3. The summed E-state index contributed by atoms with van der Waals surface area (Å²) in [5.41, 5.74) is 1.73. The maximum atomic E-state index is 13.0. The lowest BCUT2D eigenvalue weighted by molar-refractivity contribution is 0.408. The maximum absolute atomic E-state index is 13.0. The van der Waals surface area contributed by atoms with Crippen molar-refractivity contribution in [3.63, 3.8) is 0 Å². The van der Waals surface area contributed by atoms with Crippen LogP contribution >= 0.6 is 0 Å². The number of unbranched alkanes of at least 4 members (excludes halogenated alkanes) is 1. The van der Waals surface area contributed by atoms with Crippen molar-refractivity contribution in [2.24, 2.45) is 0 Å². The van der Waals surface area contributed by atoms with E-state index in [1.54, 1.807) is 20.3 Å². The lowest BCUT2D eigenvalue weighted by Crippen LogP contribution is -2.13. The van der Waals surface area contributed by atoms with Crippen LogP contribution in [0.4, 0.5) is 0 Å². The van der Waals surface area contributed by atoms with Gasteiger partial charge in [0, 0.05) is 11.9 Å². The Morgan fingerprint density at radius 3 is 2.39 bits per heavy atom. The van der Waals surface area contributed by atoms with E-state index in [1.807, 2.05) is 30.3 Å². The van der Waals surface area contributed by atoms with Crippen molar-refractivity contribution in [2.45, 2.75) is 26.3 Å². The van der Waals surface area contributed by atoms with Crippen LogP contribution in [0.25, 0.3) is 21.8 Å². The lowest BCUT2D eigenvalue weighted by Gasteiger charge is -2.18. The Morgan fingerprint density at radius 1 is 1.00 bits per heavy atom. The Kier molecular flexibility index (Phi) is 4.24. The molecule has 23 heavy (non-hydrogen) atoms. The first-order chi connectivity index (χ1) is 11.2. The summed E-state index contributed by atoms with van der Waals surface area (Å²) in [6, 6.07) is 11.4. The molecule has 0 spiro atoms. The molecule has 120 valence electrons. The Hall–Kier alpha value is -2.49. The summed E-state index contributed by atoms with van der Waals surface area (Å²) in [6.45, 7) is 2.99. The van der Waals surface area contributed by atoms with Gasteiger partial charge in [0.05, 0.1) is 30.6 Å². The first-order valence-corrected chi connectivity index (χ1v) is 7.89. The molecule has 0 N–H and O–H groups in total. The van der Waals surface area contributed by atoms with E-state index < -0.39 is 0 Å². The highest BCUT2D eigenvalue weighted by Gasteiger charge is 2.17. The highest BCUT2D eigenvalue weighted by Crippen LogP contribution is 2.33. The molecule has 0 atom stereocenters. The Balaban J connectivity index is 2.55. The fraction of sp³-hybridized carbons (Fsp3) is 0.316. The van der Waals surface area contributed by atoms with Crippen molar-refractivity contribution in [1.29, 1.82) is 0 Å². The predicted octanol–water partition coefficient (Wildman–Crippen LogP) is 3.97. The molecule has 1 aromatic heterocycles. The molecule has 0 unspecified atom stereocenters. The maximum Gasteiger partial charge on any atom is 0.201 e. The highest BCUT2D eigenvalue weighted by molar-refractivity contribution is 5.99. The molecule has 0 aliphatic rings. The van der Waals surface area contributed by atoms with E-state index in [2.05, 4.69) is 11.5 Å². The second-order valence-electron chi connectivity index (χ2n) is 5.55. The average molecular weight is 311 g/mol. The van der Waals surface area contributed by atoms with Crippen molar-refractivity contribution in [3.8, 4) is 11.5 Å². The largest absolute Gasteiger partial charge is 0.496 e. The molecule has 0 aliphatic carbocycles. The summed E-state index contributed by atoms with van der Waals surface area (Å²) in [6.07, 6.45) is 2.11. The van der Waals surface area contributed by atoms with Crippen molar-refractivity contribution in [1.82, 2.24) is 4.57 Å². The van der Waals surface area contributed by atoms with Gasteiger partial charge in [0.15, 0.2) is 0 Å². The van der Waals surface area contributed by atoms with Crippen LogP contribution in [0.1, 0.15) is 19.8 Å². The molecule has 0 saturated heterocycles. The summed E-state index contributed by atoms with van der Waals surface area (Å²) >= 11 is 0. The molecule has 2 aromatic carbocycles. The number of aromatic nitrogens is 1. The number of benzene rings is 2. The number of rotatable bonds is 5. The van der Waals surface area contributed by atoms with Crippen molar-refractivity contribution < 1.29 is 9.47 Å². The summed E-state index contributed by atoms with van der Waals surface area (Å²) < 4.78 is 13.2. The van der Waals surface area contributed by atoms with Gasteiger partial charge >= 0.3 is 0 Å². The van der Waals surface area contributed by atoms with E-state index >= 15 is 0 Å². The van der Waals surface area contributed by atoms with Gasteiger partial charge in [0.2, 0.25) is 5.43 Å². The summed E-state index contributed by atoms with van der Waals surface area (Å²) in [5, 5.41) is 1.30. The van der Waals surface area contributed by atoms with Crippen molar-refractivity contribution >= 4 is 21.8 Å². The van der Waals surface area contributed by atoms with Crippen LogP contribution in [0, 0.1) is 0 Å². The van der Waals surface area contributed by atoms with Crippen molar-refractivity contribution in [2.75, 3.05) is 14.2 Å². The minimum atomic E-state index is -0.0147. The van der Waals surface area contributed by atoms with Gasteiger partial charge in [0.25, 0.3) is 0 Å². The minimum absolute atomic E-state index is 0.0147. The normalized spacial score (nSPS) is 11.1. The molecule has 0 fully saturated rings. The van der Waals surface area contributed by atoms with E-state index in [0.29, 0.717) is 22.3 Å². The molecule has 4 heteroatoms. The first-order valence-electron chi connectivity index (χ1n) is 7.89. The van der Waals surface area contributed by atoms with Gasteiger partial charge in [-0.25, -0.2) is 0 Å². The number of aryl methyl sites for hydroxylation is 1. The zero-order chi connectivity index (χ0) is 16.4. The van der Waals surface area contributed by atoms with Gasteiger partial charge in [0.1, 0.15) is 11.5 Å². The van der Waals surface area contributed by atoms with Gasteiger partial charge in [-0.15, -0.1) is 0 Å². The number of nitrogens with zero attached hydrogens (tertiary/aromatic N) is 1. The fourth-order valence-electron chi connectivity index (χ4n) is 3.08. The molecule has 0 amide bonds. The number of fused-ring (bicyclic) bond motifs is 2. The van der Waals surface area contributed by atoms with Crippen LogP contribution in [0.5, 0.6) is 11.5 Å². The van der Waals surface area contributed by atoms with E-state index in [0.717, 1.165) is 30.4 Å². The predicted molar refractivity (Wildman–Crippen MR) is 93.7 cm³/mol. The fourth-order valence-corrected chi connectivity index (χ4v) is 3.08. The molecule has 3 rings (SSSR count). The number of pyridine rings is 1. The molecule has 0 saturated carbocycles. The summed E-state index contributed by atoms with van der Waals surface area (Å²) in [5.74, 6) is 1.28. The van der Waals surface area contributed by atoms with Gasteiger partial charge in [-0.2, -0.15) is 0 Å². The second-order valence-corrected chi connectivity index (χ2v) is 5.55. The molecule has 4 nitrogen and oxygen atoms in total. The third kappa shape index (κ3) is 2.44. The van der Waals surface area contributed by atoms with E-state index in [1.165, 1.54) is 0 Å². The van der Waals surface area contributed by atoms with E-state index in [-0.39, 0.29) is 5.43 Å². The second kappa shape index (κ2) is 6.32. The SMILES string of the molecule is CCCCn1c2ccccc2c(=O)c2c(OC)ccc(OC)c21. The third-order valence-corrected chi connectivity index (χ3v) is 4.21. The number of hydrogen-bond donors (Lipinski definition) is 0. The number of methoxy groups -OCH3 is 2. The van der Waals surface area contributed by atoms with E-state index in [9.17, 15) is 4.79 Å². The monoisotopic (exact) mass is 311 g/mol. The standard InChI is InChI=1S/C19H21NO3/c1-4-5-12-20-14-9-7-6-8-13(14)19(21)17-15(22-2)10-11-16(23-3)18(17)20/h6-11H,4-5,12H2,1-3H3. The Morgan fingerprint density at radius 2 is 1.70 bits per heavy atom. The van der Waals surface area contributed by atoms with Crippen LogP contribution in [-0.2, 0) is 6.54 Å². The Labute approximate surface area is 135 Å². The van der Waals surface area contributed by atoms with Gasteiger partial charge in [-0.3, -0.25) is 4.79 Å². The van der Waals surface area contributed by atoms with Crippen LogP contribution in [0.3, 0.4) is 0 Å². The topological polar surface area (TPSA) is 40.5 Å². The van der Waals surface area contributed by atoms with Crippen LogP contribution in [0.2, 0.25) is 0 Å². The van der Waals surface area contributed by atoms with E-state index in [4.69, 9.17) is 9.47 Å². The van der Waals surface area contributed by atoms with Gasteiger partial charge in [-0.1, -0.05) is 25.5 Å². The van der Waals surface area contributed by atoms with Crippen LogP contribution < -0.4 is 14.9 Å². The zero-order valence-corrected chi connectivity index (χ0v) is 13.8. The zero-order valence-electron chi connectivity index (χ0n) is 13.8. The summed E-state index contributed by atoms with van der Waals surface area (Å²) in [7, 11) is 3.22. The summed E-state index contributed by atoms with van der Waals surface area (Å²) in [4.78, 5) is 13.0. The van der Waals surface area contributed by atoms with Crippen molar-refractivity contribution in [3.05, 3.63) is 46.6 Å². The molecule has 0 bridgehead atoms. The lowest BCUT2D eigenvalue weighted by atomic mass is 10.1. The number of para-hydroxylation sites is 1. The first kappa shape index (κ1) is 15.4. The number of hydrogen-bond acceptors (Lipinski definition) is 3. The smallest absolute Gasteiger partial charge is 0.201 e. The van der Waals surface area contributed by atoms with Crippen LogP contribution in [-0.4, -0.2) is 18.8 Å². The minimum Gasteiger partial charge on any atom is -0.496 e.